The van der Waals surface area contributed by atoms with Crippen LogP contribution in [0.1, 0.15) is 21.5 Å². The Morgan fingerprint density at radius 2 is 1.89 bits per heavy atom. The Balaban J connectivity index is 2.05. The lowest BCUT2D eigenvalue weighted by molar-refractivity contribution is 0.0993. The van der Waals surface area contributed by atoms with Gasteiger partial charge in [-0.25, -0.2) is 0 Å². The zero-order chi connectivity index (χ0) is 12.8. The van der Waals surface area contributed by atoms with Crippen molar-refractivity contribution in [1.29, 1.82) is 0 Å². The summed E-state index contributed by atoms with van der Waals surface area (Å²) in [4.78, 5) is 16.0. The van der Waals surface area contributed by atoms with Gasteiger partial charge in [0.1, 0.15) is 0 Å². The van der Waals surface area contributed by atoms with E-state index in [1.54, 1.807) is 12.4 Å². The second-order valence-electron chi connectivity index (χ2n) is 4.20. The van der Waals surface area contributed by atoms with Crippen molar-refractivity contribution < 1.29 is 4.79 Å². The molecule has 0 spiro atoms. The van der Waals surface area contributed by atoms with Crippen LogP contribution in [0.3, 0.4) is 0 Å². The molecule has 2 aromatic rings. The predicted octanol–water partition coefficient (Wildman–Crippen LogP) is 2.01. The van der Waals surface area contributed by atoms with Gasteiger partial charge in [-0.3, -0.25) is 9.78 Å². The van der Waals surface area contributed by atoms with Gasteiger partial charge < -0.3 is 5.73 Å². The van der Waals surface area contributed by atoms with Gasteiger partial charge in [0.15, 0.2) is 5.78 Å². The lowest BCUT2D eigenvalue weighted by Gasteiger charge is -2.03. The van der Waals surface area contributed by atoms with Crippen molar-refractivity contribution in [3.63, 3.8) is 0 Å². The maximum Gasteiger partial charge on any atom is 0.167 e. The number of hydrogen-bond donors (Lipinski definition) is 1. The molecule has 0 unspecified atom stereocenters. The van der Waals surface area contributed by atoms with Gasteiger partial charge in [0.2, 0.25) is 0 Å². The van der Waals surface area contributed by atoms with Crippen molar-refractivity contribution in [3.05, 3.63) is 65.5 Å². The van der Waals surface area contributed by atoms with E-state index in [1.165, 1.54) is 0 Å². The Labute approximate surface area is 107 Å². The van der Waals surface area contributed by atoms with Gasteiger partial charge >= 0.3 is 0 Å². The van der Waals surface area contributed by atoms with Crippen LogP contribution >= 0.6 is 0 Å². The molecule has 0 aliphatic heterocycles. The average Bonchev–Trinajstić information content (AvgIpc) is 2.41. The summed E-state index contributed by atoms with van der Waals surface area (Å²) in [5.41, 5.74) is 8.32. The maximum absolute atomic E-state index is 12.0. The third-order valence-corrected chi connectivity index (χ3v) is 2.80. The van der Waals surface area contributed by atoms with Crippen LogP contribution in [0.15, 0.2) is 48.8 Å². The molecule has 0 amide bonds. The van der Waals surface area contributed by atoms with E-state index in [1.807, 2.05) is 36.4 Å². The lowest BCUT2D eigenvalue weighted by Crippen LogP contribution is -2.05. The summed E-state index contributed by atoms with van der Waals surface area (Å²) in [6, 6.07) is 11.4. The van der Waals surface area contributed by atoms with Gasteiger partial charge in [0, 0.05) is 24.4 Å². The van der Waals surface area contributed by atoms with Crippen LogP contribution in [0, 0.1) is 0 Å². The molecule has 0 aliphatic rings. The number of carbonyl (C=O) groups is 1. The van der Waals surface area contributed by atoms with Crippen LogP contribution in [0.2, 0.25) is 0 Å². The highest BCUT2D eigenvalue weighted by molar-refractivity contribution is 5.97. The van der Waals surface area contributed by atoms with Crippen molar-refractivity contribution in [2.75, 3.05) is 6.54 Å². The molecule has 0 radical (unpaired) electrons. The van der Waals surface area contributed by atoms with Crippen molar-refractivity contribution in [1.82, 2.24) is 4.98 Å². The molecule has 2 rings (SSSR count). The molecule has 1 aromatic carbocycles. The van der Waals surface area contributed by atoms with Crippen LogP contribution in [0.25, 0.3) is 0 Å². The summed E-state index contributed by atoms with van der Waals surface area (Å²) in [6.07, 6.45) is 4.66. The monoisotopic (exact) mass is 240 g/mol. The lowest BCUT2D eigenvalue weighted by atomic mass is 10.0. The first-order valence-electron chi connectivity index (χ1n) is 6.00. The molecule has 1 aromatic heterocycles. The van der Waals surface area contributed by atoms with E-state index in [0.717, 1.165) is 23.1 Å². The van der Waals surface area contributed by atoms with Gasteiger partial charge in [-0.2, -0.15) is 0 Å². The first-order valence-corrected chi connectivity index (χ1v) is 6.00. The van der Waals surface area contributed by atoms with E-state index in [0.29, 0.717) is 13.0 Å². The molecule has 0 bridgehead atoms. The van der Waals surface area contributed by atoms with Crippen LogP contribution in [0.4, 0.5) is 0 Å². The number of carbonyl (C=O) groups excluding carboxylic acids is 1. The number of pyridine rings is 1. The van der Waals surface area contributed by atoms with Crippen LogP contribution in [-0.4, -0.2) is 17.3 Å². The molecular weight excluding hydrogens is 224 g/mol. The minimum absolute atomic E-state index is 0.113. The predicted molar refractivity (Wildman–Crippen MR) is 71.5 cm³/mol. The summed E-state index contributed by atoms with van der Waals surface area (Å²) in [5, 5.41) is 0. The molecule has 0 fully saturated rings. The summed E-state index contributed by atoms with van der Waals surface area (Å²) in [5.74, 6) is 0.113. The van der Waals surface area contributed by atoms with Gasteiger partial charge in [-0.15, -0.1) is 0 Å². The molecule has 0 atom stereocenters. The zero-order valence-corrected chi connectivity index (χ0v) is 10.2. The first kappa shape index (κ1) is 12.5. The Bertz CT molecular complexity index is 506. The van der Waals surface area contributed by atoms with Crippen LogP contribution in [-0.2, 0) is 12.8 Å². The van der Waals surface area contributed by atoms with E-state index in [9.17, 15) is 4.79 Å². The summed E-state index contributed by atoms with van der Waals surface area (Å²) >= 11 is 0. The Morgan fingerprint density at radius 1 is 1.11 bits per heavy atom. The second kappa shape index (κ2) is 6.07. The van der Waals surface area contributed by atoms with E-state index in [2.05, 4.69) is 4.98 Å². The molecule has 3 nitrogen and oxygen atoms in total. The summed E-state index contributed by atoms with van der Waals surface area (Å²) < 4.78 is 0. The average molecular weight is 240 g/mol. The molecule has 3 heteroatoms. The summed E-state index contributed by atoms with van der Waals surface area (Å²) in [6.45, 7) is 0.628. The van der Waals surface area contributed by atoms with Gasteiger partial charge in [0.25, 0.3) is 0 Å². The number of Topliss-reactive ketones (excluding diaryl/α,β-unsaturated/α-hetero) is 1. The number of hydrogen-bond acceptors (Lipinski definition) is 3. The standard InChI is InChI=1S/C15H16N2O/c16-8-7-12-3-5-14(6-4-12)15(18)10-13-2-1-9-17-11-13/h1-6,9,11H,7-8,10,16H2. The number of rotatable bonds is 5. The Morgan fingerprint density at radius 3 is 2.50 bits per heavy atom. The minimum Gasteiger partial charge on any atom is -0.330 e. The minimum atomic E-state index is 0.113. The number of benzene rings is 1. The third-order valence-electron chi connectivity index (χ3n) is 2.80. The highest BCUT2D eigenvalue weighted by Crippen LogP contribution is 2.09. The van der Waals surface area contributed by atoms with Crippen molar-refractivity contribution >= 4 is 5.78 Å². The highest BCUT2D eigenvalue weighted by Gasteiger charge is 2.06. The van der Waals surface area contributed by atoms with E-state index >= 15 is 0 Å². The number of nitrogens with two attached hydrogens (primary N) is 1. The molecule has 92 valence electrons. The van der Waals surface area contributed by atoms with Crippen molar-refractivity contribution in [3.8, 4) is 0 Å². The topological polar surface area (TPSA) is 56.0 Å². The first-order chi connectivity index (χ1) is 8.79. The molecule has 1 heterocycles. The zero-order valence-electron chi connectivity index (χ0n) is 10.2. The van der Waals surface area contributed by atoms with E-state index in [-0.39, 0.29) is 5.78 Å². The Kier molecular flexibility index (Phi) is 4.20. The maximum atomic E-state index is 12.0. The molecule has 0 saturated carbocycles. The number of aromatic nitrogens is 1. The SMILES string of the molecule is NCCc1ccc(C(=O)Cc2cccnc2)cc1. The molecule has 18 heavy (non-hydrogen) atoms. The highest BCUT2D eigenvalue weighted by atomic mass is 16.1. The van der Waals surface area contributed by atoms with Crippen molar-refractivity contribution in [2.24, 2.45) is 5.73 Å². The number of nitrogens with zero attached hydrogens (tertiary/aromatic N) is 1. The van der Waals surface area contributed by atoms with Crippen LogP contribution in [0.5, 0.6) is 0 Å². The molecule has 0 aliphatic carbocycles. The van der Waals surface area contributed by atoms with E-state index < -0.39 is 0 Å². The second-order valence-corrected chi connectivity index (χ2v) is 4.20. The van der Waals surface area contributed by atoms with Gasteiger partial charge in [0.05, 0.1) is 0 Å². The molecule has 2 N–H and O–H groups in total. The van der Waals surface area contributed by atoms with Gasteiger partial charge in [-0.05, 0) is 30.2 Å². The van der Waals surface area contributed by atoms with E-state index in [4.69, 9.17) is 5.73 Å². The normalized spacial score (nSPS) is 10.3. The smallest absolute Gasteiger partial charge is 0.167 e. The number of ketones is 1. The quantitative estimate of drug-likeness (QED) is 0.813. The van der Waals surface area contributed by atoms with Crippen molar-refractivity contribution in [2.45, 2.75) is 12.8 Å². The Hall–Kier alpha value is -2.00. The summed E-state index contributed by atoms with van der Waals surface area (Å²) in [7, 11) is 0. The molecular formula is C15H16N2O. The molecule has 0 saturated heterocycles. The fourth-order valence-corrected chi connectivity index (χ4v) is 1.81. The largest absolute Gasteiger partial charge is 0.330 e. The fraction of sp³-hybridized carbons (Fsp3) is 0.200. The van der Waals surface area contributed by atoms with Crippen LogP contribution < -0.4 is 5.73 Å². The fourth-order valence-electron chi connectivity index (χ4n) is 1.81. The van der Waals surface area contributed by atoms with Gasteiger partial charge in [-0.1, -0.05) is 30.3 Å². The third kappa shape index (κ3) is 3.25.